The fraction of sp³-hybridized carbons (Fsp3) is 0. The average molecular weight is 265 g/mol. The van der Waals surface area contributed by atoms with Gasteiger partial charge in [0.1, 0.15) is 17.0 Å². The van der Waals surface area contributed by atoms with Crippen molar-refractivity contribution < 1.29 is 4.39 Å². The molecule has 0 fully saturated rings. The number of pyridine rings is 2. The fourth-order valence-corrected chi connectivity index (χ4v) is 2.47. The van der Waals surface area contributed by atoms with Gasteiger partial charge in [0.2, 0.25) is 0 Å². The Bertz CT molecular complexity index is 1040. The smallest absolute Gasteiger partial charge is 0.282 e. The molecule has 5 heteroatoms. The summed E-state index contributed by atoms with van der Waals surface area (Å²) >= 11 is 0. The predicted octanol–water partition coefficient (Wildman–Crippen LogP) is 2.54. The first-order chi connectivity index (χ1) is 9.75. The number of benzene rings is 1. The summed E-state index contributed by atoms with van der Waals surface area (Å²) in [6.07, 6.45) is 3.18. The van der Waals surface area contributed by atoms with Gasteiger partial charge in [0, 0.05) is 17.8 Å². The molecule has 0 saturated heterocycles. The Balaban J connectivity index is 2.43. The number of halogens is 1. The number of rotatable bonds is 0. The molecule has 1 aromatic carbocycles. The van der Waals surface area contributed by atoms with E-state index in [1.807, 2.05) is 6.07 Å². The Morgan fingerprint density at radius 1 is 1.05 bits per heavy atom. The average Bonchev–Trinajstić information content (AvgIpc) is 2.47. The van der Waals surface area contributed by atoms with E-state index in [9.17, 15) is 9.18 Å². The van der Waals surface area contributed by atoms with Crippen LogP contribution >= 0.6 is 0 Å². The second-order valence-electron chi connectivity index (χ2n) is 4.50. The second-order valence-corrected chi connectivity index (χ2v) is 4.50. The van der Waals surface area contributed by atoms with Gasteiger partial charge in [-0.1, -0.05) is 18.2 Å². The van der Waals surface area contributed by atoms with Crippen molar-refractivity contribution in [3.63, 3.8) is 0 Å². The first-order valence-corrected chi connectivity index (χ1v) is 6.10. The van der Waals surface area contributed by atoms with Gasteiger partial charge in [0.05, 0.1) is 10.9 Å². The Morgan fingerprint density at radius 3 is 2.85 bits per heavy atom. The van der Waals surface area contributed by atoms with Crippen LogP contribution in [0.15, 0.2) is 53.6 Å². The Kier molecular flexibility index (Phi) is 2.12. The first kappa shape index (κ1) is 11.0. The summed E-state index contributed by atoms with van der Waals surface area (Å²) in [4.78, 5) is 20.1. The minimum Gasteiger partial charge on any atom is -0.300 e. The zero-order valence-electron chi connectivity index (χ0n) is 10.2. The maximum absolute atomic E-state index is 13.8. The van der Waals surface area contributed by atoms with Crippen LogP contribution in [-0.2, 0) is 0 Å². The summed E-state index contributed by atoms with van der Waals surface area (Å²) in [5.74, 6) is -0.404. The number of para-hydroxylation sites is 1. The van der Waals surface area contributed by atoms with Crippen LogP contribution in [0.4, 0.5) is 4.39 Å². The van der Waals surface area contributed by atoms with Crippen molar-refractivity contribution in [1.29, 1.82) is 0 Å². The van der Waals surface area contributed by atoms with Crippen LogP contribution in [0, 0.1) is 5.82 Å². The number of nitrogens with zero attached hydrogens (tertiary/aromatic N) is 3. The molecule has 0 saturated carbocycles. The zero-order valence-corrected chi connectivity index (χ0v) is 10.2. The van der Waals surface area contributed by atoms with Crippen molar-refractivity contribution in [2.24, 2.45) is 0 Å². The highest BCUT2D eigenvalue weighted by molar-refractivity contribution is 6.03. The topological polar surface area (TPSA) is 47.3 Å². The number of fused-ring (bicyclic) bond motifs is 5. The van der Waals surface area contributed by atoms with Crippen molar-refractivity contribution in [2.75, 3.05) is 0 Å². The standard InChI is InChI=1S/C15H8FN3O/c16-11-5-3-4-9-13(11)17-8-10-14(9)19-7-2-1-6-12(19)18-15(10)20/h1-8H. The van der Waals surface area contributed by atoms with Gasteiger partial charge in [-0.3, -0.25) is 9.78 Å². The SMILES string of the molecule is O=c1nc2ccccn2c2c1cnc1c(F)cccc12. The lowest BCUT2D eigenvalue weighted by Crippen LogP contribution is -2.11. The molecule has 4 rings (SSSR count). The molecule has 0 atom stereocenters. The van der Waals surface area contributed by atoms with Gasteiger partial charge in [-0.05, 0) is 18.2 Å². The second kappa shape index (κ2) is 3.84. The van der Waals surface area contributed by atoms with Gasteiger partial charge in [-0.25, -0.2) is 4.39 Å². The van der Waals surface area contributed by atoms with Crippen LogP contribution in [0.25, 0.3) is 27.5 Å². The third kappa shape index (κ3) is 1.37. The molecule has 0 N–H and O–H groups in total. The highest BCUT2D eigenvalue weighted by atomic mass is 19.1. The minimum atomic E-state index is -0.404. The molecule has 20 heavy (non-hydrogen) atoms. The van der Waals surface area contributed by atoms with Crippen molar-refractivity contribution in [3.8, 4) is 0 Å². The van der Waals surface area contributed by atoms with Gasteiger partial charge >= 0.3 is 0 Å². The molecule has 0 unspecified atom stereocenters. The van der Waals surface area contributed by atoms with E-state index in [1.54, 1.807) is 34.9 Å². The van der Waals surface area contributed by atoms with Gasteiger partial charge in [0.15, 0.2) is 0 Å². The third-order valence-electron chi connectivity index (χ3n) is 3.35. The first-order valence-electron chi connectivity index (χ1n) is 6.10. The summed E-state index contributed by atoms with van der Waals surface area (Å²) < 4.78 is 15.6. The predicted molar refractivity (Wildman–Crippen MR) is 74.2 cm³/mol. The number of hydrogen-bond donors (Lipinski definition) is 0. The molecule has 96 valence electrons. The molecule has 0 bridgehead atoms. The quantitative estimate of drug-likeness (QED) is 0.459. The fourth-order valence-electron chi connectivity index (χ4n) is 2.47. The molecule has 3 heterocycles. The number of aromatic nitrogens is 3. The van der Waals surface area contributed by atoms with E-state index >= 15 is 0 Å². The van der Waals surface area contributed by atoms with E-state index in [0.717, 1.165) is 0 Å². The zero-order chi connectivity index (χ0) is 13.7. The largest absolute Gasteiger partial charge is 0.300 e. The van der Waals surface area contributed by atoms with Gasteiger partial charge in [0.25, 0.3) is 5.56 Å². The van der Waals surface area contributed by atoms with Crippen LogP contribution in [0.2, 0.25) is 0 Å². The Morgan fingerprint density at radius 2 is 1.95 bits per heavy atom. The van der Waals surface area contributed by atoms with Crippen molar-refractivity contribution >= 4 is 27.5 Å². The highest BCUT2D eigenvalue weighted by Crippen LogP contribution is 2.23. The molecule has 0 radical (unpaired) electrons. The molecule has 0 aliphatic carbocycles. The van der Waals surface area contributed by atoms with E-state index in [1.165, 1.54) is 12.3 Å². The molecule has 4 nitrogen and oxygen atoms in total. The molecule has 0 spiro atoms. The summed E-state index contributed by atoms with van der Waals surface area (Å²) in [5.41, 5.74) is 1.06. The maximum atomic E-state index is 13.8. The van der Waals surface area contributed by atoms with Crippen LogP contribution in [0.3, 0.4) is 0 Å². The Labute approximate surface area is 112 Å². The molecule has 0 aliphatic rings. The van der Waals surface area contributed by atoms with Crippen LogP contribution in [0.5, 0.6) is 0 Å². The maximum Gasteiger partial charge on any atom is 0.282 e. The van der Waals surface area contributed by atoms with Crippen LogP contribution in [0.1, 0.15) is 0 Å². The monoisotopic (exact) mass is 265 g/mol. The van der Waals surface area contributed by atoms with Gasteiger partial charge in [-0.15, -0.1) is 0 Å². The molecule has 3 aromatic heterocycles. The summed E-state index contributed by atoms with van der Waals surface area (Å²) in [7, 11) is 0. The van der Waals surface area contributed by atoms with Crippen LogP contribution < -0.4 is 5.56 Å². The van der Waals surface area contributed by atoms with E-state index in [2.05, 4.69) is 9.97 Å². The van der Waals surface area contributed by atoms with Crippen molar-refractivity contribution in [2.45, 2.75) is 0 Å². The minimum absolute atomic E-state index is 0.253. The normalized spacial score (nSPS) is 11.4. The summed E-state index contributed by atoms with van der Waals surface area (Å²) in [5, 5.41) is 0.981. The summed E-state index contributed by atoms with van der Waals surface area (Å²) in [6.45, 7) is 0. The van der Waals surface area contributed by atoms with E-state index in [0.29, 0.717) is 21.9 Å². The third-order valence-corrected chi connectivity index (χ3v) is 3.35. The molecule has 0 amide bonds. The molecular weight excluding hydrogens is 257 g/mol. The van der Waals surface area contributed by atoms with E-state index in [-0.39, 0.29) is 11.1 Å². The lowest BCUT2D eigenvalue weighted by Gasteiger charge is -2.08. The van der Waals surface area contributed by atoms with Crippen molar-refractivity contribution in [3.05, 3.63) is 65.0 Å². The Hall–Kier alpha value is -2.82. The van der Waals surface area contributed by atoms with Crippen LogP contribution in [-0.4, -0.2) is 14.4 Å². The van der Waals surface area contributed by atoms with E-state index < -0.39 is 5.82 Å². The molecular formula is C15H8FN3O. The highest BCUT2D eigenvalue weighted by Gasteiger charge is 2.11. The number of hydrogen-bond acceptors (Lipinski definition) is 3. The van der Waals surface area contributed by atoms with Crippen molar-refractivity contribution in [1.82, 2.24) is 14.4 Å². The lowest BCUT2D eigenvalue weighted by molar-refractivity contribution is 0.637. The molecule has 4 aromatic rings. The van der Waals surface area contributed by atoms with Gasteiger partial charge in [-0.2, -0.15) is 4.98 Å². The lowest BCUT2D eigenvalue weighted by atomic mass is 10.1. The van der Waals surface area contributed by atoms with Gasteiger partial charge < -0.3 is 4.40 Å². The summed E-state index contributed by atoms with van der Waals surface area (Å²) in [6, 6.07) is 10.1. The van der Waals surface area contributed by atoms with E-state index in [4.69, 9.17) is 0 Å². The molecule has 0 aliphatic heterocycles.